The monoisotopic (exact) mass is 515 g/mol. The maximum Gasteiger partial charge on any atom is 0.417 e. The molecule has 178 valence electrons. The SMILES string of the molecule is Cc1ccc(Oc2cc(F)c(S(=O)(=O)Cc3ncns3)cc2F)c(-c2ccc3oc(=O)[nH]c3c2)c1. The lowest BCUT2D eigenvalue weighted by molar-refractivity contribution is 0.433. The Morgan fingerprint density at radius 3 is 2.66 bits per heavy atom. The molecule has 5 rings (SSSR count). The Bertz CT molecular complexity index is 1730. The predicted molar refractivity (Wildman–Crippen MR) is 124 cm³/mol. The van der Waals surface area contributed by atoms with Gasteiger partial charge in [0.15, 0.2) is 27.0 Å². The molecule has 2 heterocycles. The van der Waals surface area contributed by atoms with Gasteiger partial charge in [-0.1, -0.05) is 17.7 Å². The fraction of sp³-hybridized carbons (Fsp3) is 0.0870. The number of aromatic nitrogens is 3. The highest BCUT2D eigenvalue weighted by Gasteiger charge is 2.25. The summed E-state index contributed by atoms with van der Waals surface area (Å²) in [5, 5.41) is 0.158. The molecule has 5 aromatic rings. The molecule has 0 saturated carbocycles. The number of H-pyrrole nitrogens is 1. The molecule has 0 fully saturated rings. The molecule has 0 atom stereocenters. The normalized spacial score (nSPS) is 11.7. The quantitative estimate of drug-likeness (QED) is 0.339. The van der Waals surface area contributed by atoms with Gasteiger partial charge in [-0.25, -0.2) is 27.0 Å². The largest absolute Gasteiger partial charge is 0.454 e. The number of aryl methyl sites for hydroxylation is 1. The van der Waals surface area contributed by atoms with Crippen LogP contribution in [0.3, 0.4) is 0 Å². The van der Waals surface area contributed by atoms with Crippen LogP contribution in [0.5, 0.6) is 11.5 Å². The molecule has 0 aliphatic heterocycles. The van der Waals surface area contributed by atoms with Crippen molar-refractivity contribution in [1.29, 1.82) is 0 Å². The number of hydrogen-bond donors (Lipinski definition) is 1. The van der Waals surface area contributed by atoms with E-state index >= 15 is 0 Å². The molecular weight excluding hydrogens is 500 g/mol. The van der Waals surface area contributed by atoms with Crippen LogP contribution in [0.2, 0.25) is 0 Å². The van der Waals surface area contributed by atoms with E-state index in [9.17, 15) is 22.0 Å². The Morgan fingerprint density at radius 1 is 1.06 bits per heavy atom. The number of oxazole rings is 1. The zero-order valence-electron chi connectivity index (χ0n) is 17.9. The van der Waals surface area contributed by atoms with Gasteiger partial charge in [0.1, 0.15) is 33.6 Å². The second-order valence-electron chi connectivity index (χ2n) is 7.63. The minimum atomic E-state index is -4.20. The third-order valence-electron chi connectivity index (χ3n) is 5.13. The third kappa shape index (κ3) is 4.57. The van der Waals surface area contributed by atoms with Crippen molar-refractivity contribution in [2.45, 2.75) is 17.6 Å². The summed E-state index contributed by atoms with van der Waals surface area (Å²) in [6.07, 6.45) is 1.19. The molecule has 2 aromatic heterocycles. The summed E-state index contributed by atoms with van der Waals surface area (Å²) in [7, 11) is -4.20. The van der Waals surface area contributed by atoms with E-state index in [4.69, 9.17) is 9.15 Å². The zero-order chi connectivity index (χ0) is 24.7. The summed E-state index contributed by atoms with van der Waals surface area (Å²) < 4.78 is 69.3. The van der Waals surface area contributed by atoms with Crippen LogP contribution in [0.25, 0.3) is 22.2 Å². The maximum atomic E-state index is 14.9. The van der Waals surface area contributed by atoms with Crippen LogP contribution in [-0.4, -0.2) is 22.8 Å². The second kappa shape index (κ2) is 8.71. The number of sulfone groups is 1. The standard InChI is InChI=1S/C23H15F2N3O5S2/c1-12-2-4-18(14(6-12)13-3-5-19-17(7-13)28-23(29)33-19)32-20-8-16(25)21(9-15(20)24)35(30,31)10-22-26-11-27-34-22/h2-9,11H,10H2,1H3,(H,28,29). The number of fused-ring (bicyclic) bond motifs is 1. The first kappa shape index (κ1) is 22.9. The van der Waals surface area contributed by atoms with Gasteiger partial charge in [0.25, 0.3) is 0 Å². The molecule has 0 bridgehead atoms. The van der Waals surface area contributed by atoms with E-state index in [0.717, 1.165) is 17.1 Å². The van der Waals surface area contributed by atoms with Crippen molar-refractivity contribution in [2.75, 3.05) is 0 Å². The molecule has 12 heteroatoms. The molecule has 1 N–H and O–H groups in total. The van der Waals surface area contributed by atoms with Crippen LogP contribution in [-0.2, 0) is 15.6 Å². The van der Waals surface area contributed by atoms with Crippen molar-refractivity contribution >= 4 is 32.5 Å². The molecule has 0 unspecified atom stereocenters. The Kier molecular flexibility index (Phi) is 5.69. The van der Waals surface area contributed by atoms with Gasteiger partial charge in [-0.2, -0.15) is 4.37 Å². The van der Waals surface area contributed by atoms with Crippen molar-refractivity contribution < 1.29 is 26.4 Å². The van der Waals surface area contributed by atoms with E-state index in [-0.39, 0.29) is 10.8 Å². The Balaban J connectivity index is 1.52. The van der Waals surface area contributed by atoms with Crippen molar-refractivity contribution in [3.63, 3.8) is 0 Å². The Hall–Kier alpha value is -3.90. The van der Waals surface area contributed by atoms with Crippen LogP contribution < -0.4 is 10.5 Å². The van der Waals surface area contributed by atoms with Gasteiger partial charge in [0.05, 0.1) is 5.52 Å². The third-order valence-corrected chi connectivity index (χ3v) is 7.61. The second-order valence-corrected chi connectivity index (χ2v) is 10.5. The number of hydrogen-bond acceptors (Lipinski definition) is 8. The molecule has 0 aliphatic carbocycles. The first-order valence-electron chi connectivity index (χ1n) is 10.1. The first-order valence-corrected chi connectivity index (χ1v) is 12.5. The summed E-state index contributed by atoms with van der Waals surface area (Å²) in [6.45, 7) is 1.85. The average molecular weight is 516 g/mol. The Morgan fingerprint density at radius 2 is 1.89 bits per heavy atom. The summed E-state index contributed by atoms with van der Waals surface area (Å²) >= 11 is 0.855. The molecule has 8 nitrogen and oxygen atoms in total. The molecule has 0 amide bonds. The van der Waals surface area contributed by atoms with Crippen LogP contribution in [0.15, 0.2) is 69.0 Å². The lowest BCUT2D eigenvalue weighted by Gasteiger charge is -2.14. The van der Waals surface area contributed by atoms with Crippen molar-refractivity contribution in [3.05, 3.63) is 87.6 Å². The minimum absolute atomic E-state index is 0.158. The number of nitrogens with zero attached hydrogens (tertiary/aromatic N) is 2. The lowest BCUT2D eigenvalue weighted by Crippen LogP contribution is -2.08. The highest BCUT2D eigenvalue weighted by Crippen LogP contribution is 2.37. The fourth-order valence-corrected chi connectivity index (χ4v) is 5.70. The van der Waals surface area contributed by atoms with E-state index in [1.54, 1.807) is 36.4 Å². The van der Waals surface area contributed by atoms with E-state index in [1.165, 1.54) is 6.33 Å². The lowest BCUT2D eigenvalue weighted by atomic mass is 10.0. The van der Waals surface area contributed by atoms with Gasteiger partial charge in [-0.05, 0) is 54.4 Å². The first-order chi connectivity index (χ1) is 16.7. The van der Waals surface area contributed by atoms with Gasteiger partial charge >= 0.3 is 5.76 Å². The van der Waals surface area contributed by atoms with Crippen LogP contribution in [0.1, 0.15) is 10.6 Å². The summed E-state index contributed by atoms with van der Waals surface area (Å²) in [4.78, 5) is 17.0. The molecule has 0 spiro atoms. The van der Waals surface area contributed by atoms with Gasteiger partial charge in [0, 0.05) is 11.6 Å². The summed E-state index contributed by atoms with van der Waals surface area (Å²) in [5.41, 5.74) is 2.87. The van der Waals surface area contributed by atoms with Crippen LogP contribution >= 0.6 is 11.5 Å². The van der Waals surface area contributed by atoms with E-state index < -0.39 is 43.6 Å². The minimum Gasteiger partial charge on any atom is -0.454 e. The topological polar surface area (TPSA) is 115 Å². The van der Waals surface area contributed by atoms with Crippen LogP contribution in [0.4, 0.5) is 8.78 Å². The number of halogens is 2. The number of ether oxygens (including phenoxy) is 1. The molecule has 0 saturated heterocycles. The van der Waals surface area contributed by atoms with Gasteiger partial charge in [-0.3, -0.25) is 4.98 Å². The van der Waals surface area contributed by atoms with E-state index in [2.05, 4.69) is 14.3 Å². The molecule has 0 radical (unpaired) electrons. The number of aromatic amines is 1. The average Bonchev–Trinajstić information content (AvgIpc) is 3.44. The molecular formula is C23H15F2N3O5S2. The fourth-order valence-electron chi connectivity index (χ4n) is 3.52. The molecule has 0 aliphatic rings. The molecule has 35 heavy (non-hydrogen) atoms. The number of nitrogens with one attached hydrogen (secondary N) is 1. The van der Waals surface area contributed by atoms with Crippen molar-refractivity contribution in [1.82, 2.24) is 14.3 Å². The van der Waals surface area contributed by atoms with Gasteiger partial charge in [0.2, 0.25) is 0 Å². The number of rotatable bonds is 6. The number of benzene rings is 3. The highest BCUT2D eigenvalue weighted by atomic mass is 32.2. The molecule has 3 aromatic carbocycles. The highest BCUT2D eigenvalue weighted by molar-refractivity contribution is 7.90. The van der Waals surface area contributed by atoms with E-state index in [1.807, 2.05) is 6.92 Å². The van der Waals surface area contributed by atoms with Gasteiger partial charge in [-0.15, -0.1) is 0 Å². The van der Waals surface area contributed by atoms with Gasteiger partial charge < -0.3 is 9.15 Å². The predicted octanol–water partition coefficient (Wildman–Crippen LogP) is 4.99. The zero-order valence-corrected chi connectivity index (χ0v) is 19.5. The van der Waals surface area contributed by atoms with Crippen LogP contribution in [0, 0.1) is 18.6 Å². The Labute approximate surface area is 200 Å². The smallest absolute Gasteiger partial charge is 0.417 e. The van der Waals surface area contributed by atoms with Crippen molar-refractivity contribution in [2.24, 2.45) is 0 Å². The van der Waals surface area contributed by atoms with Crippen molar-refractivity contribution in [3.8, 4) is 22.6 Å². The summed E-state index contributed by atoms with van der Waals surface area (Å²) in [5.74, 6) is -3.70. The maximum absolute atomic E-state index is 14.9. The summed E-state index contributed by atoms with van der Waals surface area (Å²) in [6, 6.07) is 11.4. The van der Waals surface area contributed by atoms with E-state index in [0.29, 0.717) is 34.4 Å².